The van der Waals surface area contributed by atoms with Crippen LogP contribution in [0.25, 0.3) is 0 Å². The van der Waals surface area contributed by atoms with E-state index in [0.29, 0.717) is 0 Å². The van der Waals surface area contributed by atoms with Gasteiger partial charge < -0.3 is 0 Å². The Balaban J connectivity index is 3.17. The van der Waals surface area contributed by atoms with E-state index in [1.807, 2.05) is 0 Å². The lowest BCUT2D eigenvalue weighted by atomic mass is 10.0. The predicted molar refractivity (Wildman–Crippen MR) is 94.2 cm³/mol. The molecule has 0 fully saturated rings. The molecular formula is C20H38. The molecule has 0 bridgehead atoms. The van der Waals surface area contributed by atoms with Gasteiger partial charge in [-0.3, -0.25) is 0 Å². The SMILES string of the molecule is CCCCCC/C=C\C/C=C\CCCCCCC(C)C. The zero-order valence-corrected chi connectivity index (χ0v) is 14.4. The Morgan fingerprint density at radius 3 is 1.75 bits per heavy atom. The quantitative estimate of drug-likeness (QED) is 0.228. The monoisotopic (exact) mass is 278 g/mol. The summed E-state index contributed by atoms with van der Waals surface area (Å²) in [5, 5.41) is 0. The fourth-order valence-corrected chi connectivity index (χ4v) is 2.36. The van der Waals surface area contributed by atoms with Crippen molar-refractivity contribution in [1.82, 2.24) is 0 Å². The topological polar surface area (TPSA) is 0 Å². The van der Waals surface area contributed by atoms with Gasteiger partial charge in [-0.15, -0.1) is 0 Å². The van der Waals surface area contributed by atoms with Crippen LogP contribution in [0, 0.1) is 5.92 Å². The molecule has 0 aromatic rings. The fraction of sp³-hybridized carbons (Fsp3) is 0.800. The summed E-state index contributed by atoms with van der Waals surface area (Å²) in [5.41, 5.74) is 0. The van der Waals surface area contributed by atoms with Crippen LogP contribution in [0.5, 0.6) is 0 Å². The van der Waals surface area contributed by atoms with Gasteiger partial charge in [0.25, 0.3) is 0 Å². The summed E-state index contributed by atoms with van der Waals surface area (Å²) in [6.45, 7) is 6.91. The molecule has 118 valence electrons. The van der Waals surface area contributed by atoms with Crippen molar-refractivity contribution >= 4 is 0 Å². The highest BCUT2D eigenvalue weighted by Gasteiger charge is 1.93. The van der Waals surface area contributed by atoms with Gasteiger partial charge in [0.15, 0.2) is 0 Å². The number of hydrogen-bond donors (Lipinski definition) is 0. The van der Waals surface area contributed by atoms with Gasteiger partial charge in [-0.05, 0) is 38.0 Å². The van der Waals surface area contributed by atoms with E-state index in [0.717, 1.165) is 12.3 Å². The van der Waals surface area contributed by atoms with Crippen molar-refractivity contribution in [2.45, 2.75) is 97.8 Å². The van der Waals surface area contributed by atoms with Crippen LogP contribution in [0.3, 0.4) is 0 Å². The van der Waals surface area contributed by atoms with Crippen molar-refractivity contribution in [3.63, 3.8) is 0 Å². The van der Waals surface area contributed by atoms with Crippen molar-refractivity contribution in [2.24, 2.45) is 5.92 Å². The molecule has 0 atom stereocenters. The number of allylic oxidation sites excluding steroid dienone is 4. The molecule has 20 heavy (non-hydrogen) atoms. The van der Waals surface area contributed by atoms with Crippen LogP contribution in [0.15, 0.2) is 24.3 Å². The summed E-state index contributed by atoms with van der Waals surface area (Å²) in [5.74, 6) is 0.878. The third kappa shape index (κ3) is 17.5. The van der Waals surface area contributed by atoms with Gasteiger partial charge in [0.1, 0.15) is 0 Å². The highest BCUT2D eigenvalue weighted by molar-refractivity contribution is 4.92. The second-order valence-corrected chi connectivity index (χ2v) is 6.41. The lowest BCUT2D eigenvalue weighted by Gasteiger charge is -2.03. The molecule has 0 heterocycles. The maximum Gasteiger partial charge on any atom is -0.0169 e. The summed E-state index contributed by atoms with van der Waals surface area (Å²) < 4.78 is 0. The molecule has 0 aliphatic rings. The minimum absolute atomic E-state index is 0.878. The van der Waals surface area contributed by atoms with Crippen LogP contribution in [-0.2, 0) is 0 Å². The minimum atomic E-state index is 0.878. The number of hydrogen-bond acceptors (Lipinski definition) is 0. The second kappa shape index (κ2) is 16.5. The lowest BCUT2D eigenvalue weighted by Crippen LogP contribution is -1.86. The van der Waals surface area contributed by atoms with Crippen molar-refractivity contribution in [3.05, 3.63) is 24.3 Å². The summed E-state index contributed by atoms with van der Waals surface area (Å²) >= 11 is 0. The minimum Gasteiger partial charge on any atom is -0.0882 e. The van der Waals surface area contributed by atoms with Crippen molar-refractivity contribution in [3.8, 4) is 0 Å². The molecule has 0 aliphatic carbocycles. The third-order valence-electron chi connectivity index (χ3n) is 3.73. The maximum atomic E-state index is 2.36. The summed E-state index contributed by atoms with van der Waals surface area (Å²) in [4.78, 5) is 0. The Kier molecular flexibility index (Phi) is 16.1. The van der Waals surface area contributed by atoms with E-state index in [9.17, 15) is 0 Å². The van der Waals surface area contributed by atoms with E-state index in [1.54, 1.807) is 0 Å². The highest BCUT2D eigenvalue weighted by Crippen LogP contribution is 2.10. The molecule has 0 unspecified atom stereocenters. The van der Waals surface area contributed by atoms with Crippen molar-refractivity contribution in [1.29, 1.82) is 0 Å². The Bertz CT molecular complexity index is 222. The zero-order valence-electron chi connectivity index (χ0n) is 14.4. The molecule has 0 nitrogen and oxygen atoms in total. The number of rotatable bonds is 14. The molecule has 0 radical (unpaired) electrons. The molecule has 0 heteroatoms. The van der Waals surface area contributed by atoms with Crippen molar-refractivity contribution in [2.75, 3.05) is 0 Å². The van der Waals surface area contributed by atoms with Gasteiger partial charge in [-0.25, -0.2) is 0 Å². The molecule has 0 aromatic carbocycles. The predicted octanol–water partition coefficient (Wildman–Crippen LogP) is 7.46. The molecule has 0 rings (SSSR count). The number of unbranched alkanes of at least 4 members (excludes halogenated alkanes) is 8. The average molecular weight is 279 g/mol. The maximum absolute atomic E-state index is 2.36. The molecule has 0 aliphatic heterocycles. The van der Waals surface area contributed by atoms with Gasteiger partial charge >= 0.3 is 0 Å². The standard InChI is InChI=1S/C20H38/c1-4-5-6-7-8-9-10-11-12-13-14-15-16-17-18-19-20(2)3/h9-10,12-13,20H,4-8,11,14-19H2,1-3H3/b10-9-,13-12-. The molecule has 0 saturated heterocycles. The van der Waals surface area contributed by atoms with E-state index < -0.39 is 0 Å². The fourth-order valence-electron chi connectivity index (χ4n) is 2.36. The molecule has 0 spiro atoms. The first kappa shape index (κ1) is 19.5. The van der Waals surface area contributed by atoms with Crippen LogP contribution >= 0.6 is 0 Å². The molecular weight excluding hydrogens is 240 g/mol. The van der Waals surface area contributed by atoms with Crippen molar-refractivity contribution < 1.29 is 0 Å². The first-order valence-electron chi connectivity index (χ1n) is 9.07. The smallest absolute Gasteiger partial charge is 0.0169 e. The van der Waals surface area contributed by atoms with Crippen LogP contribution < -0.4 is 0 Å². The van der Waals surface area contributed by atoms with E-state index in [2.05, 4.69) is 45.1 Å². The Morgan fingerprint density at radius 1 is 0.650 bits per heavy atom. The second-order valence-electron chi connectivity index (χ2n) is 6.41. The van der Waals surface area contributed by atoms with E-state index >= 15 is 0 Å². The molecule has 0 N–H and O–H groups in total. The Morgan fingerprint density at radius 2 is 1.20 bits per heavy atom. The first-order chi connectivity index (χ1) is 9.77. The Hall–Kier alpha value is -0.520. The van der Waals surface area contributed by atoms with Crippen LogP contribution in [0.1, 0.15) is 97.8 Å². The zero-order chi connectivity index (χ0) is 14.9. The molecule has 0 amide bonds. The highest BCUT2D eigenvalue weighted by atomic mass is 14.0. The van der Waals surface area contributed by atoms with Crippen LogP contribution in [0.2, 0.25) is 0 Å². The normalized spacial score (nSPS) is 12.2. The first-order valence-corrected chi connectivity index (χ1v) is 9.07. The molecule has 0 saturated carbocycles. The average Bonchev–Trinajstić information content (AvgIpc) is 2.43. The lowest BCUT2D eigenvalue weighted by molar-refractivity contribution is 0.521. The van der Waals surface area contributed by atoms with E-state index in [4.69, 9.17) is 0 Å². The summed E-state index contributed by atoms with van der Waals surface area (Å²) in [6.07, 6.45) is 25.5. The van der Waals surface area contributed by atoms with Gasteiger partial charge in [-0.2, -0.15) is 0 Å². The van der Waals surface area contributed by atoms with Crippen LogP contribution in [0.4, 0.5) is 0 Å². The summed E-state index contributed by atoms with van der Waals surface area (Å²) in [7, 11) is 0. The summed E-state index contributed by atoms with van der Waals surface area (Å²) in [6, 6.07) is 0. The largest absolute Gasteiger partial charge is 0.0882 e. The molecule has 0 aromatic heterocycles. The third-order valence-corrected chi connectivity index (χ3v) is 3.73. The van der Waals surface area contributed by atoms with Crippen LogP contribution in [-0.4, -0.2) is 0 Å². The van der Waals surface area contributed by atoms with Gasteiger partial charge in [-0.1, -0.05) is 90.0 Å². The van der Waals surface area contributed by atoms with Gasteiger partial charge in [0.2, 0.25) is 0 Å². The van der Waals surface area contributed by atoms with E-state index in [-0.39, 0.29) is 0 Å². The van der Waals surface area contributed by atoms with Gasteiger partial charge in [0, 0.05) is 0 Å². The van der Waals surface area contributed by atoms with E-state index in [1.165, 1.54) is 70.6 Å². The van der Waals surface area contributed by atoms with Gasteiger partial charge in [0.05, 0.1) is 0 Å². The Labute approximate surface area is 128 Å².